The summed E-state index contributed by atoms with van der Waals surface area (Å²) in [5.74, 6) is 0.0499. The highest BCUT2D eigenvalue weighted by Gasteiger charge is 2.07. The van der Waals surface area contributed by atoms with Crippen LogP contribution in [-0.4, -0.2) is 22.4 Å². The number of hydrogen-bond acceptors (Lipinski definition) is 4. The molecule has 0 spiro atoms. The Balaban J connectivity index is 1.75. The topological polar surface area (TPSA) is 54.9 Å². The minimum absolute atomic E-state index is 0.0499. The fraction of sp³-hybridized carbons (Fsp3) is 0.167. The molecule has 23 heavy (non-hydrogen) atoms. The molecule has 0 aliphatic carbocycles. The van der Waals surface area contributed by atoms with Gasteiger partial charge in [0.1, 0.15) is 5.01 Å². The third-order valence-electron chi connectivity index (χ3n) is 3.42. The molecule has 116 valence electrons. The van der Waals surface area contributed by atoms with Crippen molar-refractivity contribution >= 4 is 17.2 Å². The monoisotopic (exact) mass is 323 g/mol. The van der Waals surface area contributed by atoms with Crippen LogP contribution < -0.4 is 5.32 Å². The second kappa shape index (κ2) is 7.15. The van der Waals surface area contributed by atoms with Crippen molar-refractivity contribution in [1.29, 1.82) is 0 Å². The summed E-state index contributed by atoms with van der Waals surface area (Å²) in [6.07, 6.45) is 3.95. The number of carbonyl (C=O) groups excluding carboxylic acids is 1. The molecule has 0 aliphatic rings. The Morgan fingerprint density at radius 2 is 1.83 bits per heavy atom. The minimum atomic E-state index is 0.0499. The van der Waals surface area contributed by atoms with E-state index in [1.54, 1.807) is 23.7 Å². The number of carbonyl (C=O) groups is 1. The van der Waals surface area contributed by atoms with E-state index in [1.165, 1.54) is 0 Å². The van der Waals surface area contributed by atoms with Gasteiger partial charge in [-0.1, -0.05) is 24.3 Å². The SMILES string of the molecule is CCNC(=O)Cc1ccc(-c2csc(-c3ccncc3)n2)cc1. The molecule has 3 aromatic rings. The molecule has 0 fully saturated rings. The highest BCUT2D eigenvalue weighted by atomic mass is 32.1. The van der Waals surface area contributed by atoms with Crippen molar-refractivity contribution in [2.24, 2.45) is 0 Å². The van der Waals surface area contributed by atoms with Gasteiger partial charge < -0.3 is 5.32 Å². The Morgan fingerprint density at radius 1 is 1.09 bits per heavy atom. The molecule has 0 saturated carbocycles. The van der Waals surface area contributed by atoms with E-state index in [2.05, 4.69) is 20.7 Å². The molecule has 0 unspecified atom stereocenters. The van der Waals surface area contributed by atoms with Crippen molar-refractivity contribution in [3.05, 3.63) is 59.7 Å². The standard InChI is InChI=1S/C18H17N3OS/c1-2-20-17(22)11-13-3-5-14(6-4-13)16-12-23-18(21-16)15-7-9-19-10-8-15/h3-10,12H,2,11H2,1H3,(H,20,22). The number of hydrogen-bond donors (Lipinski definition) is 1. The lowest BCUT2D eigenvalue weighted by Gasteiger charge is -2.03. The van der Waals surface area contributed by atoms with Gasteiger partial charge in [-0.25, -0.2) is 4.98 Å². The number of amides is 1. The van der Waals surface area contributed by atoms with Gasteiger partial charge in [0.2, 0.25) is 5.91 Å². The summed E-state index contributed by atoms with van der Waals surface area (Å²) < 4.78 is 0. The lowest BCUT2D eigenvalue weighted by Crippen LogP contribution is -2.24. The van der Waals surface area contributed by atoms with Crippen molar-refractivity contribution in [2.45, 2.75) is 13.3 Å². The predicted octanol–water partition coefficient (Wildman–Crippen LogP) is 3.55. The maximum Gasteiger partial charge on any atom is 0.224 e. The summed E-state index contributed by atoms with van der Waals surface area (Å²) in [5.41, 5.74) is 4.08. The number of likely N-dealkylation sites (N-methyl/N-ethyl adjacent to an activating group) is 1. The zero-order valence-electron chi connectivity index (χ0n) is 12.8. The maximum absolute atomic E-state index is 11.6. The van der Waals surface area contributed by atoms with E-state index in [-0.39, 0.29) is 5.91 Å². The third kappa shape index (κ3) is 3.81. The van der Waals surface area contributed by atoms with Crippen molar-refractivity contribution in [1.82, 2.24) is 15.3 Å². The van der Waals surface area contributed by atoms with E-state index in [1.807, 2.05) is 43.3 Å². The zero-order valence-corrected chi connectivity index (χ0v) is 13.6. The van der Waals surface area contributed by atoms with Crippen LogP contribution in [0.4, 0.5) is 0 Å². The fourth-order valence-corrected chi connectivity index (χ4v) is 3.11. The first kappa shape index (κ1) is 15.4. The largest absolute Gasteiger partial charge is 0.356 e. The van der Waals surface area contributed by atoms with Crippen molar-refractivity contribution in [3.8, 4) is 21.8 Å². The average molecular weight is 323 g/mol. The molecule has 1 aromatic carbocycles. The Labute approximate surface area is 139 Å². The first-order valence-electron chi connectivity index (χ1n) is 7.48. The molecule has 2 heterocycles. The van der Waals surface area contributed by atoms with Crippen LogP contribution in [0.1, 0.15) is 12.5 Å². The number of benzene rings is 1. The van der Waals surface area contributed by atoms with E-state index in [0.29, 0.717) is 13.0 Å². The summed E-state index contributed by atoms with van der Waals surface area (Å²) in [6, 6.07) is 11.9. The van der Waals surface area contributed by atoms with Gasteiger partial charge in [-0.3, -0.25) is 9.78 Å². The maximum atomic E-state index is 11.6. The Bertz CT molecular complexity index is 782. The van der Waals surface area contributed by atoms with Crippen LogP contribution in [-0.2, 0) is 11.2 Å². The van der Waals surface area contributed by atoms with Gasteiger partial charge in [0.25, 0.3) is 0 Å². The number of nitrogens with one attached hydrogen (secondary N) is 1. The van der Waals surface area contributed by atoms with Crippen LogP contribution in [0.3, 0.4) is 0 Å². The first-order valence-corrected chi connectivity index (χ1v) is 8.36. The second-order valence-electron chi connectivity index (χ2n) is 5.10. The Morgan fingerprint density at radius 3 is 2.52 bits per heavy atom. The molecule has 5 heteroatoms. The molecule has 0 bridgehead atoms. The molecule has 4 nitrogen and oxygen atoms in total. The van der Waals surface area contributed by atoms with Gasteiger partial charge >= 0.3 is 0 Å². The van der Waals surface area contributed by atoms with Gasteiger partial charge in [0.15, 0.2) is 0 Å². The highest BCUT2D eigenvalue weighted by molar-refractivity contribution is 7.13. The van der Waals surface area contributed by atoms with E-state index < -0.39 is 0 Å². The van der Waals surface area contributed by atoms with Crippen LogP contribution in [0.2, 0.25) is 0 Å². The lowest BCUT2D eigenvalue weighted by atomic mass is 10.1. The van der Waals surface area contributed by atoms with E-state index in [9.17, 15) is 4.79 Å². The van der Waals surface area contributed by atoms with Crippen molar-refractivity contribution in [3.63, 3.8) is 0 Å². The van der Waals surface area contributed by atoms with E-state index in [0.717, 1.165) is 27.4 Å². The van der Waals surface area contributed by atoms with Crippen molar-refractivity contribution < 1.29 is 4.79 Å². The molecule has 0 saturated heterocycles. The lowest BCUT2D eigenvalue weighted by molar-refractivity contribution is -0.120. The second-order valence-corrected chi connectivity index (χ2v) is 5.96. The molecule has 0 radical (unpaired) electrons. The zero-order chi connectivity index (χ0) is 16.1. The number of nitrogens with zero attached hydrogens (tertiary/aromatic N) is 2. The molecule has 2 aromatic heterocycles. The number of thiazole rings is 1. The normalized spacial score (nSPS) is 10.5. The summed E-state index contributed by atoms with van der Waals surface area (Å²) in [5, 5.41) is 5.84. The third-order valence-corrected chi connectivity index (χ3v) is 4.31. The molecule has 3 rings (SSSR count). The van der Waals surface area contributed by atoms with Crippen molar-refractivity contribution in [2.75, 3.05) is 6.54 Å². The summed E-state index contributed by atoms with van der Waals surface area (Å²) in [6.45, 7) is 2.58. The Kier molecular flexibility index (Phi) is 4.78. The van der Waals surface area contributed by atoms with Crippen LogP contribution in [0.5, 0.6) is 0 Å². The first-order chi connectivity index (χ1) is 11.3. The number of aromatic nitrogens is 2. The molecule has 1 amide bonds. The van der Waals surface area contributed by atoms with Gasteiger partial charge in [-0.05, 0) is 24.6 Å². The summed E-state index contributed by atoms with van der Waals surface area (Å²) >= 11 is 1.62. The van der Waals surface area contributed by atoms with Gasteiger partial charge in [-0.2, -0.15) is 0 Å². The molecular weight excluding hydrogens is 306 g/mol. The number of rotatable bonds is 5. The van der Waals surface area contributed by atoms with E-state index in [4.69, 9.17) is 0 Å². The molecule has 0 aliphatic heterocycles. The minimum Gasteiger partial charge on any atom is -0.356 e. The quantitative estimate of drug-likeness (QED) is 0.781. The van der Waals surface area contributed by atoms with Crippen LogP contribution in [0.25, 0.3) is 21.8 Å². The van der Waals surface area contributed by atoms with Crippen LogP contribution in [0, 0.1) is 0 Å². The van der Waals surface area contributed by atoms with Gasteiger partial charge in [0, 0.05) is 35.4 Å². The molecular formula is C18H17N3OS. The van der Waals surface area contributed by atoms with Crippen LogP contribution >= 0.6 is 11.3 Å². The molecule has 1 N–H and O–H groups in total. The molecule has 0 atom stereocenters. The van der Waals surface area contributed by atoms with Gasteiger partial charge in [-0.15, -0.1) is 11.3 Å². The van der Waals surface area contributed by atoms with Gasteiger partial charge in [0.05, 0.1) is 12.1 Å². The predicted molar refractivity (Wildman–Crippen MR) is 93.2 cm³/mol. The highest BCUT2D eigenvalue weighted by Crippen LogP contribution is 2.28. The van der Waals surface area contributed by atoms with E-state index >= 15 is 0 Å². The fourth-order valence-electron chi connectivity index (χ4n) is 2.27. The smallest absolute Gasteiger partial charge is 0.224 e. The Hall–Kier alpha value is -2.53. The van der Waals surface area contributed by atoms with Crippen LogP contribution in [0.15, 0.2) is 54.2 Å². The summed E-state index contributed by atoms with van der Waals surface area (Å²) in [4.78, 5) is 20.3. The summed E-state index contributed by atoms with van der Waals surface area (Å²) in [7, 11) is 0. The number of pyridine rings is 1. The average Bonchev–Trinajstić information content (AvgIpc) is 3.07.